The highest BCUT2D eigenvalue weighted by Gasteiger charge is 2.45. The lowest BCUT2D eigenvalue weighted by Gasteiger charge is -2.41. The molecule has 6 heteroatoms. The highest BCUT2D eigenvalue weighted by Crippen LogP contribution is 2.43. The topological polar surface area (TPSA) is 66.6 Å². The van der Waals surface area contributed by atoms with Crippen molar-refractivity contribution in [2.75, 3.05) is 26.2 Å². The van der Waals surface area contributed by atoms with Crippen molar-refractivity contribution < 1.29 is 9.59 Å². The zero-order chi connectivity index (χ0) is 18.0. The van der Waals surface area contributed by atoms with Crippen LogP contribution in [0.4, 0.5) is 0 Å². The summed E-state index contributed by atoms with van der Waals surface area (Å²) in [6, 6.07) is 7.94. The van der Waals surface area contributed by atoms with E-state index in [1.807, 2.05) is 24.0 Å². The van der Waals surface area contributed by atoms with Crippen LogP contribution >= 0.6 is 15.9 Å². The van der Waals surface area contributed by atoms with E-state index in [2.05, 4.69) is 33.0 Å². The fourth-order valence-corrected chi connectivity index (χ4v) is 4.43. The minimum absolute atomic E-state index is 0.249. The molecule has 0 radical (unpaired) electrons. The zero-order valence-corrected chi connectivity index (χ0v) is 16.3. The number of nitrogens with two attached hydrogens (primary N) is 1. The van der Waals surface area contributed by atoms with E-state index in [0.717, 1.165) is 35.7 Å². The number of carbonyl (C=O) groups is 2. The molecular weight excluding hydrogens is 382 g/mol. The normalized spacial score (nSPS) is 21.9. The van der Waals surface area contributed by atoms with Crippen LogP contribution in [-0.4, -0.2) is 53.8 Å². The SMILES string of the molecule is CC(C(N)=O)N1CCN(C(=O)C2(c3ccc(Br)cc3)CCCC2)CC1. The lowest BCUT2D eigenvalue weighted by molar-refractivity contribution is -0.139. The molecule has 136 valence electrons. The van der Waals surface area contributed by atoms with Gasteiger partial charge in [0.05, 0.1) is 11.5 Å². The average molecular weight is 408 g/mol. The Morgan fingerprint density at radius 3 is 2.16 bits per heavy atom. The number of primary amides is 1. The minimum atomic E-state index is -0.377. The summed E-state index contributed by atoms with van der Waals surface area (Å²) in [6.45, 7) is 4.56. The summed E-state index contributed by atoms with van der Waals surface area (Å²) in [5.41, 5.74) is 6.16. The van der Waals surface area contributed by atoms with Gasteiger partial charge in [-0.05, 0) is 37.5 Å². The summed E-state index contributed by atoms with van der Waals surface area (Å²) < 4.78 is 1.03. The summed E-state index contributed by atoms with van der Waals surface area (Å²) in [5, 5.41) is 0. The Morgan fingerprint density at radius 1 is 1.08 bits per heavy atom. The van der Waals surface area contributed by atoms with E-state index in [-0.39, 0.29) is 23.3 Å². The third-order valence-corrected chi connectivity index (χ3v) is 6.35. The van der Waals surface area contributed by atoms with Crippen molar-refractivity contribution in [3.63, 3.8) is 0 Å². The van der Waals surface area contributed by atoms with Gasteiger partial charge in [0.2, 0.25) is 11.8 Å². The fourth-order valence-electron chi connectivity index (χ4n) is 4.17. The number of amides is 2. The van der Waals surface area contributed by atoms with Crippen LogP contribution in [-0.2, 0) is 15.0 Å². The monoisotopic (exact) mass is 407 g/mol. The Labute approximate surface area is 157 Å². The van der Waals surface area contributed by atoms with Gasteiger partial charge in [-0.3, -0.25) is 14.5 Å². The smallest absolute Gasteiger partial charge is 0.234 e. The van der Waals surface area contributed by atoms with Gasteiger partial charge in [-0.25, -0.2) is 0 Å². The summed E-state index contributed by atoms with van der Waals surface area (Å²) >= 11 is 3.48. The van der Waals surface area contributed by atoms with Crippen LogP contribution in [0.1, 0.15) is 38.2 Å². The van der Waals surface area contributed by atoms with Crippen molar-refractivity contribution in [1.29, 1.82) is 0 Å². The van der Waals surface area contributed by atoms with Crippen LogP contribution < -0.4 is 5.73 Å². The molecule has 1 aromatic rings. The van der Waals surface area contributed by atoms with E-state index in [1.165, 1.54) is 0 Å². The van der Waals surface area contributed by atoms with E-state index >= 15 is 0 Å². The van der Waals surface area contributed by atoms with E-state index in [9.17, 15) is 9.59 Å². The molecule has 0 bridgehead atoms. The van der Waals surface area contributed by atoms with Gasteiger partial charge in [-0.15, -0.1) is 0 Å². The summed E-state index contributed by atoms with van der Waals surface area (Å²) in [4.78, 5) is 28.9. The molecule has 1 saturated heterocycles. The predicted octanol–water partition coefficient (Wildman–Crippen LogP) is 2.28. The molecule has 5 nitrogen and oxygen atoms in total. The van der Waals surface area contributed by atoms with E-state index < -0.39 is 0 Å². The molecular formula is C19H26BrN3O2. The largest absolute Gasteiger partial charge is 0.368 e. The number of rotatable bonds is 4. The predicted molar refractivity (Wildman–Crippen MR) is 101 cm³/mol. The standard InChI is InChI=1S/C19H26BrN3O2/c1-14(17(21)24)22-10-12-23(13-11-22)18(25)19(8-2-3-9-19)15-4-6-16(20)7-5-15/h4-7,14H,2-3,8-13H2,1H3,(H2,21,24). The molecule has 2 fully saturated rings. The highest BCUT2D eigenvalue weighted by molar-refractivity contribution is 9.10. The minimum Gasteiger partial charge on any atom is -0.368 e. The molecule has 25 heavy (non-hydrogen) atoms. The van der Waals surface area contributed by atoms with Crippen LogP contribution in [0, 0.1) is 0 Å². The molecule has 1 unspecified atom stereocenters. The van der Waals surface area contributed by atoms with Gasteiger partial charge >= 0.3 is 0 Å². The van der Waals surface area contributed by atoms with Gasteiger partial charge < -0.3 is 10.6 Å². The Bertz CT molecular complexity index is 633. The molecule has 1 atom stereocenters. The maximum Gasteiger partial charge on any atom is 0.234 e. The van der Waals surface area contributed by atoms with Crippen molar-refractivity contribution in [3.05, 3.63) is 34.3 Å². The number of hydrogen-bond donors (Lipinski definition) is 1. The third-order valence-electron chi connectivity index (χ3n) is 5.82. The van der Waals surface area contributed by atoms with Gasteiger partial charge in [0.15, 0.2) is 0 Å². The molecule has 1 aliphatic carbocycles. The Balaban J connectivity index is 1.74. The van der Waals surface area contributed by atoms with Crippen LogP contribution in [0.3, 0.4) is 0 Å². The molecule has 0 aromatic heterocycles. The van der Waals surface area contributed by atoms with Crippen LogP contribution in [0.2, 0.25) is 0 Å². The first-order valence-corrected chi connectivity index (χ1v) is 9.82. The summed E-state index contributed by atoms with van der Waals surface area (Å²) in [5.74, 6) is -0.0550. The second-order valence-corrected chi connectivity index (χ2v) is 8.12. The Kier molecular flexibility index (Phi) is 5.49. The zero-order valence-electron chi connectivity index (χ0n) is 14.7. The number of nitrogens with zero attached hydrogens (tertiary/aromatic N) is 2. The van der Waals surface area contributed by atoms with Gasteiger partial charge in [-0.2, -0.15) is 0 Å². The van der Waals surface area contributed by atoms with Crippen LogP contribution in [0.5, 0.6) is 0 Å². The molecule has 2 amide bonds. The number of hydrogen-bond acceptors (Lipinski definition) is 3. The van der Waals surface area contributed by atoms with E-state index in [1.54, 1.807) is 0 Å². The lowest BCUT2D eigenvalue weighted by Crippen LogP contribution is -2.57. The van der Waals surface area contributed by atoms with Crippen molar-refractivity contribution in [1.82, 2.24) is 9.80 Å². The van der Waals surface area contributed by atoms with Crippen molar-refractivity contribution in [2.24, 2.45) is 5.73 Å². The second-order valence-electron chi connectivity index (χ2n) is 7.20. The number of halogens is 1. The molecule has 1 heterocycles. The van der Waals surface area contributed by atoms with E-state index in [0.29, 0.717) is 26.2 Å². The van der Waals surface area contributed by atoms with Crippen LogP contribution in [0.25, 0.3) is 0 Å². The second kappa shape index (κ2) is 7.46. The quantitative estimate of drug-likeness (QED) is 0.832. The maximum absolute atomic E-state index is 13.4. The first kappa shape index (κ1) is 18.4. The Hall–Kier alpha value is -1.40. The highest BCUT2D eigenvalue weighted by atomic mass is 79.9. The van der Waals surface area contributed by atoms with Gasteiger partial charge in [-0.1, -0.05) is 40.9 Å². The van der Waals surface area contributed by atoms with Crippen LogP contribution in [0.15, 0.2) is 28.7 Å². The molecule has 1 aliphatic heterocycles. The molecule has 0 spiro atoms. The molecule has 2 N–H and O–H groups in total. The molecule has 1 saturated carbocycles. The van der Waals surface area contributed by atoms with Gasteiger partial charge in [0, 0.05) is 30.7 Å². The average Bonchev–Trinajstić information content (AvgIpc) is 3.12. The number of carbonyl (C=O) groups excluding carboxylic acids is 2. The van der Waals surface area contributed by atoms with Crippen molar-refractivity contribution >= 4 is 27.7 Å². The lowest BCUT2D eigenvalue weighted by atomic mass is 9.77. The van der Waals surface area contributed by atoms with Crippen molar-refractivity contribution in [3.8, 4) is 0 Å². The molecule has 3 rings (SSSR count). The van der Waals surface area contributed by atoms with Gasteiger partial charge in [0.1, 0.15) is 0 Å². The van der Waals surface area contributed by atoms with Gasteiger partial charge in [0.25, 0.3) is 0 Å². The van der Waals surface area contributed by atoms with E-state index in [4.69, 9.17) is 5.73 Å². The molecule has 2 aliphatic rings. The first-order chi connectivity index (χ1) is 11.9. The summed E-state index contributed by atoms with van der Waals surface area (Å²) in [7, 11) is 0. The number of piperazine rings is 1. The molecule has 1 aromatic carbocycles. The van der Waals surface area contributed by atoms with Crippen molar-refractivity contribution in [2.45, 2.75) is 44.1 Å². The maximum atomic E-state index is 13.4. The summed E-state index contributed by atoms with van der Waals surface area (Å²) in [6.07, 6.45) is 4.04. The first-order valence-electron chi connectivity index (χ1n) is 9.03. The Morgan fingerprint density at radius 2 is 1.64 bits per heavy atom. The third kappa shape index (κ3) is 3.60. The number of benzene rings is 1. The fraction of sp³-hybridized carbons (Fsp3) is 0.579.